The van der Waals surface area contributed by atoms with Crippen LogP contribution in [0.25, 0.3) is 0 Å². The van der Waals surface area contributed by atoms with E-state index < -0.39 is 5.60 Å². The third kappa shape index (κ3) is 2.89. The molecule has 1 fully saturated rings. The lowest BCUT2D eigenvalue weighted by Gasteiger charge is -2.41. The molecule has 1 N–H and O–H groups in total. The van der Waals surface area contributed by atoms with Gasteiger partial charge in [0.2, 0.25) is 0 Å². The average molecular weight is 236 g/mol. The van der Waals surface area contributed by atoms with Crippen molar-refractivity contribution in [1.82, 2.24) is 9.55 Å². The van der Waals surface area contributed by atoms with Gasteiger partial charge in [0.15, 0.2) is 0 Å². The van der Waals surface area contributed by atoms with E-state index in [9.17, 15) is 5.11 Å². The van der Waals surface area contributed by atoms with Gasteiger partial charge in [-0.25, -0.2) is 4.98 Å². The van der Waals surface area contributed by atoms with Crippen LogP contribution in [0.2, 0.25) is 0 Å². The Balaban J connectivity index is 2.12. The standard InChI is InChI=1S/C14H24N2O/c1-4-16-9-8-15-12(16)10-14(17)7-5-6-13(2,3)11-14/h8-9,17H,4-7,10-11H2,1-3H3. The first-order chi connectivity index (χ1) is 7.94. The molecular weight excluding hydrogens is 212 g/mol. The van der Waals surface area contributed by atoms with Crippen molar-refractivity contribution in [2.75, 3.05) is 0 Å². The summed E-state index contributed by atoms with van der Waals surface area (Å²) in [6, 6.07) is 0. The SMILES string of the molecule is CCn1ccnc1CC1(O)CCCC(C)(C)C1. The maximum Gasteiger partial charge on any atom is 0.111 e. The Hall–Kier alpha value is -0.830. The molecule has 0 spiro atoms. The second kappa shape index (κ2) is 4.45. The van der Waals surface area contributed by atoms with E-state index in [2.05, 4.69) is 30.3 Å². The van der Waals surface area contributed by atoms with Crippen molar-refractivity contribution in [3.63, 3.8) is 0 Å². The number of hydrogen-bond donors (Lipinski definition) is 1. The molecule has 3 nitrogen and oxygen atoms in total. The van der Waals surface area contributed by atoms with Gasteiger partial charge in [-0.2, -0.15) is 0 Å². The first kappa shape index (κ1) is 12.6. The fourth-order valence-electron chi connectivity index (χ4n) is 3.20. The maximum absolute atomic E-state index is 10.7. The summed E-state index contributed by atoms with van der Waals surface area (Å²) in [6.07, 6.45) is 8.65. The molecule has 2 rings (SSSR count). The molecule has 17 heavy (non-hydrogen) atoms. The molecule has 0 saturated heterocycles. The predicted molar refractivity (Wildman–Crippen MR) is 68.8 cm³/mol. The van der Waals surface area contributed by atoms with Gasteiger partial charge in [-0.15, -0.1) is 0 Å². The van der Waals surface area contributed by atoms with E-state index in [1.54, 1.807) is 0 Å². The summed E-state index contributed by atoms with van der Waals surface area (Å²) >= 11 is 0. The van der Waals surface area contributed by atoms with Gasteiger partial charge in [-0.05, 0) is 31.6 Å². The number of aromatic nitrogens is 2. The Morgan fingerprint density at radius 1 is 1.41 bits per heavy atom. The number of aliphatic hydroxyl groups is 1. The molecule has 0 aliphatic heterocycles. The topological polar surface area (TPSA) is 38.0 Å². The van der Waals surface area contributed by atoms with Crippen LogP contribution in [0.1, 0.15) is 52.3 Å². The van der Waals surface area contributed by atoms with Crippen molar-refractivity contribution in [2.45, 2.75) is 65.0 Å². The number of aryl methyl sites for hydroxylation is 1. The van der Waals surface area contributed by atoms with E-state index in [0.29, 0.717) is 6.42 Å². The molecule has 1 heterocycles. The lowest BCUT2D eigenvalue weighted by Crippen LogP contribution is -2.41. The summed E-state index contributed by atoms with van der Waals surface area (Å²) in [5.74, 6) is 1.02. The largest absolute Gasteiger partial charge is 0.389 e. The quantitative estimate of drug-likeness (QED) is 0.876. The summed E-state index contributed by atoms with van der Waals surface area (Å²) < 4.78 is 2.12. The minimum absolute atomic E-state index is 0.261. The van der Waals surface area contributed by atoms with Crippen LogP contribution in [0, 0.1) is 5.41 Å². The lowest BCUT2D eigenvalue weighted by atomic mass is 9.68. The highest BCUT2D eigenvalue weighted by Crippen LogP contribution is 2.42. The van der Waals surface area contributed by atoms with Crippen molar-refractivity contribution in [3.8, 4) is 0 Å². The van der Waals surface area contributed by atoms with Crippen molar-refractivity contribution in [2.24, 2.45) is 5.41 Å². The van der Waals surface area contributed by atoms with E-state index in [-0.39, 0.29) is 5.41 Å². The van der Waals surface area contributed by atoms with Gasteiger partial charge in [0.25, 0.3) is 0 Å². The van der Waals surface area contributed by atoms with Crippen molar-refractivity contribution in [1.29, 1.82) is 0 Å². The Bertz CT molecular complexity index is 383. The maximum atomic E-state index is 10.7. The minimum Gasteiger partial charge on any atom is -0.389 e. The molecule has 0 amide bonds. The highest BCUT2D eigenvalue weighted by molar-refractivity contribution is 5.02. The zero-order chi connectivity index (χ0) is 12.5. The van der Waals surface area contributed by atoms with Crippen LogP contribution < -0.4 is 0 Å². The molecule has 1 aromatic heterocycles. The van der Waals surface area contributed by atoms with Crippen LogP contribution in [0.15, 0.2) is 12.4 Å². The van der Waals surface area contributed by atoms with Crippen LogP contribution in [-0.2, 0) is 13.0 Å². The van der Waals surface area contributed by atoms with Gasteiger partial charge in [-0.1, -0.05) is 20.3 Å². The van der Waals surface area contributed by atoms with Crippen LogP contribution in [-0.4, -0.2) is 20.3 Å². The number of imidazole rings is 1. The Kier molecular flexibility index (Phi) is 3.30. The molecular formula is C14H24N2O. The first-order valence-electron chi connectivity index (χ1n) is 6.67. The fraction of sp³-hybridized carbons (Fsp3) is 0.786. The third-order valence-electron chi connectivity index (χ3n) is 3.93. The Morgan fingerprint density at radius 3 is 2.82 bits per heavy atom. The van der Waals surface area contributed by atoms with Gasteiger partial charge in [0, 0.05) is 25.4 Å². The summed E-state index contributed by atoms with van der Waals surface area (Å²) in [6.45, 7) is 7.54. The van der Waals surface area contributed by atoms with E-state index in [1.165, 1.54) is 6.42 Å². The number of nitrogens with zero attached hydrogens (tertiary/aromatic N) is 2. The molecule has 1 aromatic rings. The molecule has 1 atom stereocenters. The zero-order valence-corrected chi connectivity index (χ0v) is 11.2. The molecule has 1 unspecified atom stereocenters. The van der Waals surface area contributed by atoms with Gasteiger partial charge in [-0.3, -0.25) is 0 Å². The molecule has 0 radical (unpaired) electrons. The van der Waals surface area contributed by atoms with E-state index in [1.807, 2.05) is 12.4 Å². The summed E-state index contributed by atoms with van der Waals surface area (Å²) in [4.78, 5) is 4.38. The van der Waals surface area contributed by atoms with Crippen molar-refractivity contribution in [3.05, 3.63) is 18.2 Å². The summed E-state index contributed by atoms with van der Waals surface area (Å²) in [5, 5.41) is 10.7. The molecule has 1 saturated carbocycles. The average Bonchev–Trinajstić information content (AvgIpc) is 2.62. The summed E-state index contributed by atoms with van der Waals surface area (Å²) in [5.41, 5.74) is -0.295. The van der Waals surface area contributed by atoms with Crippen LogP contribution in [0.3, 0.4) is 0 Å². The lowest BCUT2D eigenvalue weighted by molar-refractivity contribution is -0.0400. The monoisotopic (exact) mass is 236 g/mol. The summed E-state index contributed by atoms with van der Waals surface area (Å²) in [7, 11) is 0. The second-order valence-corrected chi connectivity index (χ2v) is 6.23. The smallest absolute Gasteiger partial charge is 0.111 e. The third-order valence-corrected chi connectivity index (χ3v) is 3.93. The zero-order valence-electron chi connectivity index (χ0n) is 11.2. The van der Waals surface area contributed by atoms with Crippen molar-refractivity contribution >= 4 is 0 Å². The molecule has 0 aromatic carbocycles. The molecule has 1 aliphatic carbocycles. The van der Waals surface area contributed by atoms with Gasteiger partial charge in [0.1, 0.15) is 5.82 Å². The minimum atomic E-state index is -0.556. The number of rotatable bonds is 3. The van der Waals surface area contributed by atoms with Gasteiger partial charge >= 0.3 is 0 Å². The van der Waals surface area contributed by atoms with Crippen LogP contribution in [0.5, 0.6) is 0 Å². The van der Waals surface area contributed by atoms with Crippen LogP contribution >= 0.6 is 0 Å². The predicted octanol–water partition coefficient (Wildman–Crippen LogP) is 2.78. The first-order valence-corrected chi connectivity index (χ1v) is 6.67. The van der Waals surface area contributed by atoms with Crippen molar-refractivity contribution < 1.29 is 5.11 Å². The number of hydrogen-bond acceptors (Lipinski definition) is 2. The Morgan fingerprint density at radius 2 is 2.18 bits per heavy atom. The molecule has 96 valence electrons. The highest BCUT2D eigenvalue weighted by atomic mass is 16.3. The molecule has 1 aliphatic rings. The second-order valence-electron chi connectivity index (χ2n) is 6.23. The highest BCUT2D eigenvalue weighted by Gasteiger charge is 2.39. The van der Waals surface area contributed by atoms with Gasteiger partial charge in [0.05, 0.1) is 5.60 Å². The molecule has 3 heteroatoms. The Labute approximate surface area is 104 Å². The van der Waals surface area contributed by atoms with Crippen LogP contribution in [0.4, 0.5) is 0 Å². The van der Waals surface area contributed by atoms with E-state index in [0.717, 1.165) is 31.6 Å². The van der Waals surface area contributed by atoms with E-state index in [4.69, 9.17) is 0 Å². The normalized spacial score (nSPS) is 28.2. The molecule has 0 bridgehead atoms. The van der Waals surface area contributed by atoms with E-state index >= 15 is 0 Å². The fourth-order valence-corrected chi connectivity index (χ4v) is 3.20. The van der Waals surface area contributed by atoms with Gasteiger partial charge < -0.3 is 9.67 Å².